The highest BCUT2D eigenvalue weighted by atomic mass is 32.2. The Kier molecular flexibility index (Phi) is 10.3. The SMILES string of the molecule is CNC(=O)C(Cc1ccccc1)N(Cc1cccc(C)c1)C(=O)CCCN(c1cc(C)cc(C)c1)S(C)(=O)=O. The maximum Gasteiger partial charge on any atom is 0.242 e. The van der Waals surface area contributed by atoms with Crippen LogP contribution in [0.2, 0.25) is 0 Å². The maximum atomic E-state index is 13.7. The summed E-state index contributed by atoms with van der Waals surface area (Å²) in [5.41, 5.74) is 5.47. The summed E-state index contributed by atoms with van der Waals surface area (Å²) < 4.78 is 26.7. The molecule has 0 aliphatic rings. The number of hydrogen-bond donors (Lipinski definition) is 1. The molecule has 208 valence electrons. The van der Waals surface area contributed by atoms with Crippen LogP contribution in [0.15, 0.2) is 72.8 Å². The van der Waals surface area contributed by atoms with Crippen molar-refractivity contribution in [3.8, 4) is 0 Å². The van der Waals surface area contributed by atoms with Gasteiger partial charge in [0, 0.05) is 33.0 Å². The van der Waals surface area contributed by atoms with Gasteiger partial charge in [-0.3, -0.25) is 13.9 Å². The Hall–Kier alpha value is -3.65. The number of likely N-dealkylation sites (N-methyl/N-ethyl adjacent to an activating group) is 1. The van der Waals surface area contributed by atoms with Crippen molar-refractivity contribution in [2.24, 2.45) is 0 Å². The third-order valence-corrected chi connectivity index (χ3v) is 7.79. The fraction of sp³-hybridized carbons (Fsp3) is 0.355. The molecule has 0 heterocycles. The smallest absolute Gasteiger partial charge is 0.242 e. The van der Waals surface area contributed by atoms with E-state index in [1.54, 1.807) is 11.9 Å². The second-order valence-electron chi connectivity index (χ2n) is 10.1. The Morgan fingerprint density at radius 2 is 1.49 bits per heavy atom. The van der Waals surface area contributed by atoms with Crippen molar-refractivity contribution in [1.82, 2.24) is 10.2 Å². The molecule has 0 saturated heterocycles. The molecule has 1 unspecified atom stereocenters. The van der Waals surface area contributed by atoms with Crippen molar-refractivity contribution < 1.29 is 18.0 Å². The monoisotopic (exact) mass is 549 g/mol. The van der Waals surface area contributed by atoms with Gasteiger partial charge in [-0.15, -0.1) is 0 Å². The number of carbonyl (C=O) groups is 2. The van der Waals surface area contributed by atoms with Crippen molar-refractivity contribution in [2.45, 2.75) is 52.6 Å². The van der Waals surface area contributed by atoms with Gasteiger partial charge in [0.1, 0.15) is 6.04 Å². The quantitative estimate of drug-likeness (QED) is 0.359. The molecule has 3 rings (SSSR count). The first-order valence-corrected chi connectivity index (χ1v) is 15.0. The molecule has 0 saturated carbocycles. The molecule has 0 radical (unpaired) electrons. The molecular weight excluding hydrogens is 510 g/mol. The molecule has 0 aliphatic heterocycles. The average molecular weight is 550 g/mol. The van der Waals surface area contributed by atoms with E-state index in [1.165, 1.54) is 10.6 Å². The molecule has 3 aromatic rings. The van der Waals surface area contributed by atoms with E-state index in [1.807, 2.05) is 93.6 Å². The fourth-order valence-electron chi connectivity index (χ4n) is 4.83. The second-order valence-corrected chi connectivity index (χ2v) is 12.0. The Labute approximate surface area is 232 Å². The molecule has 0 aromatic heterocycles. The van der Waals surface area contributed by atoms with Crippen molar-refractivity contribution in [3.63, 3.8) is 0 Å². The van der Waals surface area contributed by atoms with Crippen molar-refractivity contribution in [1.29, 1.82) is 0 Å². The van der Waals surface area contributed by atoms with Crippen LogP contribution in [0.1, 0.15) is 40.7 Å². The molecule has 39 heavy (non-hydrogen) atoms. The summed E-state index contributed by atoms with van der Waals surface area (Å²) in [6, 6.07) is 22.5. The van der Waals surface area contributed by atoms with Gasteiger partial charge < -0.3 is 10.2 Å². The molecule has 0 spiro atoms. The van der Waals surface area contributed by atoms with E-state index in [4.69, 9.17) is 0 Å². The lowest BCUT2D eigenvalue weighted by Gasteiger charge is -2.31. The molecule has 0 fully saturated rings. The van der Waals surface area contributed by atoms with E-state index in [2.05, 4.69) is 5.32 Å². The fourth-order valence-corrected chi connectivity index (χ4v) is 5.78. The number of nitrogens with zero attached hydrogens (tertiary/aromatic N) is 2. The summed E-state index contributed by atoms with van der Waals surface area (Å²) in [5, 5.41) is 2.72. The van der Waals surface area contributed by atoms with Crippen molar-refractivity contribution in [2.75, 3.05) is 24.2 Å². The predicted molar refractivity (Wildman–Crippen MR) is 157 cm³/mol. The Balaban J connectivity index is 1.86. The third kappa shape index (κ3) is 8.68. The predicted octanol–water partition coefficient (Wildman–Crippen LogP) is 4.54. The van der Waals surface area contributed by atoms with Gasteiger partial charge in [-0.2, -0.15) is 0 Å². The number of carbonyl (C=O) groups excluding carboxylic acids is 2. The zero-order chi connectivity index (χ0) is 28.6. The van der Waals surface area contributed by atoms with E-state index >= 15 is 0 Å². The summed E-state index contributed by atoms with van der Waals surface area (Å²) in [6.45, 7) is 6.28. The van der Waals surface area contributed by atoms with Gasteiger partial charge in [0.05, 0.1) is 11.9 Å². The first kappa shape index (κ1) is 29.9. The van der Waals surface area contributed by atoms with E-state index < -0.39 is 16.1 Å². The lowest BCUT2D eigenvalue weighted by Crippen LogP contribution is -2.49. The van der Waals surface area contributed by atoms with Crippen LogP contribution in [-0.2, 0) is 32.6 Å². The van der Waals surface area contributed by atoms with Crippen LogP contribution >= 0.6 is 0 Å². The number of hydrogen-bond acceptors (Lipinski definition) is 4. The van der Waals surface area contributed by atoms with E-state index in [9.17, 15) is 18.0 Å². The highest BCUT2D eigenvalue weighted by molar-refractivity contribution is 7.92. The Morgan fingerprint density at radius 1 is 0.846 bits per heavy atom. The first-order valence-electron chi connectivity index (χ1n) is 13.1. The van der Waals surface area contributed by atoms with Crippen LogP contribution in [0.4, 0.5) is 5.69 Å². The summed E-state index contributed by atoms with van der Waals surface area (Å²) in [6.07, 6.45) is 1.97. The van der Waals surface area contributed by atoms with E-state index in [0.29, 0.717) is 18.5 Å². The third-order valence-electron chi connectivity index (χ3n) is 6.60. The van der Waals surface area contributed by atoms with E-state index in [-0.39, 0.29) is 31.3 Å². The molecular formula is C31H39N3O4S. The first-order chi connectivity index (χ1) is 18.5. The van der Waals surface area contributed by atoms with Gasteiger partial charge in [0.2, 0.25) is 21.8 Å². The molecule has 2 amide bonds. The van der Waals surface area contributed by atoms with Gasteiger partial charge in [-0.25, -0.2) is 8.42 Å². The van der Waals surface area contributed by atoms with Crippen molar-refractivity contribution >= 4 is 27.5 Å². The van der Waals surface area contributed by atoms with Crippen LogP contribution in [-0.4, -0.2) is 51.0 Å². The number of rotatable bonds is 12. The summed E-state index contributed by atoms with van der Waals surface area (Å²) in [7, 11) is -1.98. The number of sulfonamides is 1. The van der Waals surface area contributed by atoms with Gasteiger partial charge in [-0.05, 0) is 61.6 Å². The largest absolute Gasteiger partial charge is 0.357 e. The van der Waals surface area contributed by atoms with Gasteiger partial charge in [0.15, 0.2) is 0 Å². The van der Waals surface area contributed by atoms with Crippen LogP contribution in [0, 0.1) is 20.8 Å². The van der Waals surface area contributed by atoms with Crippen LogP contribution < -0.4 is 9.62 Å². The average Bonchev–Trinajstić information content (AvgIpc) is 2.87. The van der Waals surface area contributed by atoms with Gasteiger partial charge >= 0.3 is 0 Å². The van der Waals surface area contributed by atoms with Crippen LogP contribution in [0.5, 0.6) is 0 Å². The summed E-state index contributed by atoms with van der Waals surface area (Å²) in [4.78, 5) is 28.5. The number of benzene rings is 3. The number of aryl methyl sites for hydroxylation is 3. The molecule has 8 heteroatoms. The number of nitrogens with one attached hydrogen (secondary N) is 1. The zero-order valence-corrected chi connectivity index (χ0v) is 24.3. The van der Waals surface area contributed by atoms with Crippen LogP contribution in [0.25, 0.3) is 0 Å². The topological polar surface area (TPSA) is 86.8 Å². The summed E-state index contributed by atoms with van der Waals surface area (Å²) in [5.74, 6) is -0.442. The molecule has 1 atom stereocenters. The standard InChI is InChI=1S/C31H39N3O4S/c1-23-11-9-14-27(18-23)22-33(29(31(36)32-4)21-26-12-7-6-8-13-26)30(35)15-10-16-34(39(5,37)38)28-19-24(2)17-25(3)20-28/h6-9,11-14,17-20,29H,10,15-16,21-22H2,1-5H3,(H,32,36). The second kappa shape index (κ2) is 13.4. The number of amides is 2. The lowest BCUT2D eigenvalue weighted by atomic mass is 10.0. The van der Waals surface area contributed by atoms with Gasteiger partial charge in [0.25, 0.3) is 0 Å². The highest BCUT2D eigenvalue weighted by Crippen LogP contribution is 2.23. The van der Waals surface area contributed by atoms with Crippen LogP contribution in [0.3, 0.4) is 0 Å². The molecule has 0 aliphatic carbocycles. The van der Waals surface area contributed by atoms with E-state index in [0.717, 1.165) is 27.8 Å². The minimum absolute atomic E-state index is 0.102. The summed E-state index contributed by atoms with van der Waals surface area (Å²) >= 11 is 0. The molecule has 7 nitrogen and oxygen atoms in total. The molecule has 0 bridgehead atoms. The lowest BCUT2D eigenvalue weighted by molar-refractivity contribution is -0.141. The zero-order valence-electron chi connectivity index (χ0n) is 23.5. The molecule has 1 N–H and O–H groups in total. The maximum absolute atomic E-state index is 13.7. The van der Waals surface area contributed by atoms with Gasteiger partial charge in [-0.1, -0.05) is 66.2 Å². The highest BCUT2D eigenvalue weighted by Gasteiger charge is 2.30. The molecule has 3 aromatic carbocycles. The normalized spacial score (nSPS) is 12.0. The minimum atomic E-state index is -3.55. The van der Waals surface area contributed by atoms with Crippen molar-refractivity contribution in [3.05, 3.63) is 101 Å². The Bertz CT molecular complexity index is 1370. The number of anilines is 1. The Morgan fingerprint density at radius 3 is 2.08 bits per heavy atom. The minimum Gasteiger partial charge on any atom is -0.357 e.